The predicted octanol–water partition coefficient (Wildman–Crippen LogP) is 2.62. The molecule has 0 spiro atoms. The van der Waals surface area contributed by atoms with Crippen molar-refractivity contribution in [3.63, 3.8) is 0 Å². The van der Waals surface area contributed by atoms with E-state index in [1.54, 1.807) is 13.1 Å². The monoisotopic (exact) mass is 234 g/mol. The third-order valence-electron chi connectivity index (χ3n) is 3.03. The van der Waals surface area contributed by atoms with Crippen LogP contribution in [0.15, 0.2) is 24.3 Å². The Morgan fingerprint density at radius 1 is 1.41 bits per heavy atom. The van der Waals surface area contributed by atoms with Crippen LogP contribution >= 0.6 is 0 Å². The molecular formula is C13H18N2O2. The Hall–Kier alpha value is -1.71. The summed E-state index contributed by atoms with van der Waals surface area (Å²) in [5, 5.41) is 5.84. The third kappa shape index (κ3) is 3.12. The minimum atomic E-state index is -0.382. The largest absolute Gasteiger partial charge is 0.412 e. The molecule has 0 radical (unpaired) electrons. The number of hydrogen-bond donors (Lipinski definition) is 2. The molecule has 1 fully saturated rings. The van der Waals surface area contributed by atoms with Crippen LogP contribution in [0.1, 0.15) is 19.8 Å². The van der Waals surface area contributed by atoms with E-state index < -0.39 is 0 Å². The molecule has 1 amide bonds. The van der Waals surface area contributed by atoms with Crippen LogP contribution in [0.25, 0.3) is 0 Å². The summed E-state index contributed by atoms with van der Waals surface area (Å²) in [4.78, 5) is 11.7. The molecule has 1 aliphatic rings. The van der Waals surface area contributed by atoms with Crippen LogP contribution in [0.3, 0.4) is 0 Å². The van der Waals surface area contributed by atoms with Crippen molar-refractivity contribution in [2.45, 2.75) is 25.8 Å². The number of rotatable bonds is 4. The summed E-state index contributed by atoms with van der Waals surface area (Å²) in [5.74, 6) is 1.18. The van der Waals surface area contributed by atoms with E-state index in [9.17, 15) is 4.79 Å². The fraction of sp³-hybridized carbons (Fsp3) is 0.462. The second-order valence-corrected chi connectivity index (χ2v) is 4.41. The van der Waals surface area contributed by atoms with Crippen LogP contribution in [0.5, 0.6) is 5.75 Å². The van der Waals surface area contributed by atoms with Gasteiger partial charge in [0.25, 0.3) is 0 Å². The van der Waals surface area contributed by atoms with Crippen molar-refractivity contribution < 1.29 is 9.53 Å². The molecule has 0 aromatic heterocycles. The van der Waals surface area contributed by atoms with E-state index >= 15 is 0 Å². The second kappa shape index (κ2) is 5.08. The number of hydrogen-bond acceptors (Lipinski definition) is 3. The molecule has 1 aromatic rings. The molecule has 1 unspecified atom stereocenters. The maximum absolute atomic E-state index is 11.7. The van der Waals surface area contributed by atoms with Gasteiger partial charge in [0, 0.05) is 13.1 Å². The number of amides is 1. The average Bonchev–Trinajstić information content (AvgIpc) is 3.13. The van der Waals surface area contributed by atoms with Gasteiger partial charge in [0.05, 0.1) is 5.69 Å². The molecule has 2 rings (SSSR count). The Labute approximate surface area is 101 Å². The van der Waals surface area contributed by atoms with Crippen molar-refractivity contribution in [2.24, 2.45) is 5.92 Å². The molecule has 0 aliphatic heterocycles. The van der Waals surface area contributed by atoms with Crippen molar-refractivity contribution in [2.75, 3.05) is 12.4 Å². The van der Waals surface area contributed by atoms with Gasteiger partial charge in [0.2, 0.25) is 0 Å². The topological polar surface area (TPSA) is 50.4 Å². The molecule has 1 atom stereocenters. The van der Waals surface area contributed by atoms with Crippen LogP contribution < -0.4 is 15.4 Å². The lowest BCUT2D eigenvalue weighted by atomic mass is 10.2. The Balaban J connectivity index is 1.92. The molecule has 0 saturated heterocycles. The lowest BCUT2D eigenvalue weighted by molar-refractivity contribution is 0.195. The smallest absolute Gasteiger partial charge is 0.408 e. The molecular weight excluding hydrogens is 216 g/mol. The van der Waals surface area contributed by atoms with Gasteiger partial charge in [-0.3, -0.25) is 0 Å². The summed E-state index contributed by atoms with van der Waals surface area (Å²) in [7, 11) is 1.80. The number of ether oxygens (including phenoxy) is 1. The second-order valence-electron chi connectivity index (χ2n) is 4.41. The maximum atomic E-state index is 11.7. The fourth-order valence-corrected chi connectivity index (χ4v) is 1.79. The zero-order chi connectivity index (χ0) is 12.3. The zero-order valence-corrected chi connectivity index (χ0v) is 10.2. The molecule has 1 saturated carbocycles. The molecule has 92 valence electrons. The highest BCUT2D eigenvalue weighted by Crippen LogP contribution is 2.32. The summed E-state index contributed by atoms with van der Waals surface area (Å²) in [5.41, 5.74) is 0.807. The highest BCUT2D eigenvalue weighted by Gasteiger charge is 2.29. The molecule has 2 N–H and O–H groups in total. The molecule has 1 aliphatic carbocycles. The number of carbonyl (C=O) groups is 1. The standard InChI is InChI=1S/C13H18N2O2/c1-9(10-7-8-10)15-13(16)17-12-6-4-3-5-11(12)14-2/h3-6,9-10,14H,7-8H2,1-2H3,(H,15,16). The van der Waals surface area contributed by atoms with Gasteiger partial charge in [0.1, 0.15) is 0 Å². The Bertz CT molecular complexity index is 402. The molecule has 4 nitrogen and oxygen atoms in total. The van der Waals surface area contributed by atoms with E-state index in [1.165, 1.54) is 12.8 Å². The zero-order valence-electron chi connectivity index (χ0n) is 10.2. The van der Waals surface area contributed by atoms with Crippen molar-refractivity contribution in [1.82, 2.24) is 5.32 Å². The van der Waals surface area contributed by atoms with Crippen LogP contribution in [-0.2, 0) is 0 Å². The van der Waals surface area contributed by atoms with Crippen LogP contribution in [-0.4, -0.2) is 19.2 Å². The lowest BCUT2D eigenvalue weighted by Crippen LogP contribution is -2.36. The summed E-state index contributed by atoms with van der Waals surface area (Å²) in [6.45, 7) is 2.02. The van der Waals surface area contributed by atoms with E-state index in [4.69, 9.17) is 4.74 Å². The van der Waals surface area contributed by atoms with Gasteiger partial charge in [-0.2, -0.15) is 0 Å². The van der Waals surface area contributed by atoms with Gasteiger partial charge in [0.15, 0.2) is 5.75 Å². The molecule has 0 bridgehead atoms. The maximum Gasteiger partial charge on any atom is 0.412 e. The summed E-state index contributed by atoms with van der Waals surface area (Å²) >= 11 is 0. The van der Waals surface area contributed by atoms with Crippen molar-refractivity contribution in [3.05, 3.63) is 24.3 Å². The van der Waals surface area contributed by atoms with Gasteiger partial charge in [-0.15, -0.1) is 0 Å². The summed E-state index contributed by atoms with van der Waals surface area (Å²) in [6, 6.07) is 7.57. The van der Waals surface area contributed by atoms with Crippen molar-refractivity contribution in [1.29, 1.82) is 0 Å². The first-order chi connectivity index (χ1) is 8.20. The van der Waals surface area contributed by atoms with Crippen molar-refractivity contribution >= 4 is 11.8 Å². The number of benzene rings is 1. The molecule has 17 heavy (non-hydrogen) atoms. The number of anilines is 1. The van der Waals surface area contributed by atoms with Crippen molar-refractivity contribution in [3.8, 4) is 5.75 Å². The highest BCUT2D eigenvalue weighted by atomic mass is 16.6. The minimum Gasteiger partial charge on any atom is -0.408 e. The van der Waals surface area contributed by atoms with Gasteiger partial charge in [-0.25, -0.2) is 4.79 Å². The normalized spacial score (nSPS) is 16.1. The van der Waals surface area contributed by atoms with Gasteiger partial charge in [-0.05, 0) is 37.8 Å². The summed E-state index contributed by atoms with van der Waals surface area (Å²) < 4.78 is 5.27. The SMILES string of the molecule is CNc1ccccc1OC(=O)NC(C)C1CC1. The van der Waals surface area contributed by atoms with Crippen LogP contribution in [0.4, 0.5) is 10.5 Å². The number of carbonyl (C=O) groups excluding carboxylic acids is 1. The van der Waals surface area contributed by atoms with Crippen LogP contribution in [0.2, 0.25) is 0 Å². The highest BCUT2D eigenvalue weighted by molar-refractivity contribution is 5.73. The fourth-order valence-electron chi connectivity index (χ4n) is 1.79. The minimum absolute atomic E-state index is 0.198. The van der Waals surface area contributed by atoms with E-state index in [-0.39, 0.29) is 12.1 Å². The van der Waals surface area contributed by atoms with E-state index in [0.717, 1.165) is 5.69 Å². The Kier molecular flexibility index (Phi) is 3.52. The summed E-state index contributed by atoms with van der Waals surface area (Å²) in [6.07, 6.45) is 2.02. The van der Waals surface area contributed by atoms with Crippen LogP contribution in [0, 0.1) is 5.92 Å². The molecule has 1 aromatic carbocycles. The van der Waals surface area contributed by atoms with Gasteiger partial charge in [-0.1, -0.05) is 12.1 Å². The van der Waals surface area contributed by atoms with E-state index in [1.807, 2.05) is 25.1 Å². The molecule has 0 heterocycles. The van der Waals surface area contributed by atoms with Gasteiger partial charge < -0.3 is 15.4 Å². The number of para-hydroxylation sites is 2. The Morgan fingerprint density at radius 3 is 2.76 bits per heavy atom. The molecule has 4 heteroatoms. The first-order valence-electron chi connectivity index (χ1n) is 5.96. The average molecular weight is 234 g/mol. The predicted molar refractivity (Wildman–Crippen MR) is 67.3 cm³/mol. The lowest BCUT2D eigenvalue weighted by Gasteiger charge is -2.14. The van der Waals surface area contributed by atoms with E-state index in [0.29, 0.717) is 11.7 Å². The first kappa shape index (κ1) is 11.8. The number of nitrogens with one attached hydrogen (secondary N) is 2. The Morgan fingerprint density at radius 2 is 2.12 bits per heavy atom. The van der Waals surface area contributed by atoms with Gasteiger partial charge >= 0.3 is 6.09 Å². The quantitative estimate of drug-likeness (QED) is 0.842. The third-order valence-corrected chi connectivity index (χ3v) is 3.03. The first-order valence-corrected chi connectivity index (χ1v) is 5.96. The van der Waals surface area contributed by atoms with E-state index in [2.05, 4.69) is 10.6 Å².